The molecule has 7 nitrogen and oxygen atoms in total. The van der Waals surface area contributed by atoms with Gasteiger partial charge in [0.2, 0.25) is 0 Å². The van der Waals surface area contributed by atoms with E-state index >= 15 is 0 Å². The average molecular weight is 316 g/mol. The van der Waals surface area contributed by atoms with Gasteiger partial charge in [0.1, 0.15) is 11.5 Å². The van der Waals surface area contributed by atoms with Crippen LogP contribution in [-0.4, -0.2) is 33.6 Å². The first-order valence-electron chi connectivity index (χ1n) is 6.98. The molecule has 1 aromatic heterocycles. The van der Waals surface area contributed by atoms with Crippen LogP contribution in [0.2, 0.25) is 0 Å². The molecule has 0 spiro atoms. The summed E-state index contributed by atoms with van der Waals surface area (Å²) in [4.78, 5) is 26.1. The Kier molecular flexibility index (Phi) is 5.51. The molecule has 7 heteroatoms. The molecule has 0 aliphatic rings. The van der Waals surface area contributed by atoms with E-state index in [9.17, 15) is 14.7 Å². The van der Waals surface area contributed by atoms with Crippen molar-refractivity contribution in [1.29, 1.82) is 0 Å². The molecule has 0 atom stereocenters. The topological polar surface area (TPSA) is 109 Å². The number of aromatic nitrogens is 1. The molecule has 0 saturated heterocycles. The highest BCUT2D eigenvalue weighted by Gasteiger charge is 2.14. The van der Waals surface area contributed by atoms with Gasteiger partial charge in [-0.15, -0.1) is 0 Å². The smallest absolute Gasteiger partial charge is 0.303 e. The number of carbonyl (C=O) groups is 2. The maximum Gasteiger partial charge on any atom is 0.303 e. The van der Waals surface area contributed by atoms with Crippen LogP contribution in [0.1, 0.15) is 23.3 Å². The number of nitrogens with one attached hydrogen (secondary N) is 1. The van der Waals surface area contributed by atoms with Crippen LogP contribution in [0.5, 0.6) is 17.2 Å². The van der Waals surface area contributed by atoms with Gasteiger partial charge >= 0.3 is 5.97 Å². The number of carboxylic acid groups (broad SMARTS) is 1. The van der Waals surface area contributed by atoms with Crippen molar-refractivity contribution in [2.75, 3.05) is 6.54 Å². The Hall–Kier alpha value is -3.09. The number of carbonyl (C=O) groups excluding carboxylic acids is 1. The number of hydrogen-bond donors (Lipinski definition) is 3. The van der Waals surface area contributed by atoms with Gasteiger partial charge in [0.15, 0.2) is 11.4 Å². The molecule has 0 aliphatic heterocycles. The molecular formula is C16H16N2O5. The SMILES string of the molecule is O=C(O)CCCNC(=O)c1ncc(Oc2ccccc2)cc1O. The highest BCUT2D eigenvalue weighted by Crippen LogP contribution is 2.25. The minimum atomic E-state index is -0.928. The Morgan fingerprint density at radius 3 is 2.57 bits per heavy atom. The molecular weight excluding hydrogens is 300 g/mol. The molecule has 3 N–H and O–H groups in total. The number of pyridine rings is 1. The van der Waals surface area contributed by atoms with Crippen molar-refractivity contribution >= 4 is 11.9 Å². The summed E-state index contributed by atoms with van der Waals surface area (Å²) in [6.45, 7) is 0.189. The van der Waals surface area contributed by atoms with Crippen molar-refractivity contribution in [3.63, 3.8) is 0 Å². The van der Waals surface area contributed by atoms with Crippen LogP contribution in [0.4, 0.5) is 0 Å². The Balaban J connectivity index is 1.96. The van der Waals surface area contributed by atoms with Crippen molar-refractivity contribution in [3.05, 3.63) is 48.3 Å². The van der Waals surface area contributed by atoms with E-state index in [4.69, 9.17) is 9.84 Å². The predicted molar refractivity (Wildman–Crippen MR) is 81.6 cm³/mol. The Bertz CT molecular complexity index is 688. The molecule has 120 valence electrons. The van der Waals surface area contributed by atoms with Gasteiger partial charge in [-0.25, -0.2) is 4.98 Å². The zero-order valence-electron chi connectivity index (χ0n) is 12.2. The van der Waals surface area contributed by atoms with Crippen LogP contribution >= 0.6 is 0 Å². The monoisotopic (exact) mass is 316 g/mol. The summed E-state index contributed by atoms with van der Waals surface area (Å²) in [5.41, 5.74) is -0.138. The van der Waals surface area contributed by atoms with E-state index in [1.165, 1.54) is 12.3 Å². The molecule has 23 heavy (non-hydrogen) atoms. The lowest BCUT2D eigenvalue weighted by atomic mass is 10.2. The fourth-order valence-electron chi connectivity index (χ4n) is 1.82. The number of benzene rings is 1. The first kappa shape index (κ1) is 16.3. The van der Waals surface area contributed by atoms with Gasteiger partial charge in [-0.2, -0.15) is 0 Å². The number of hydrogen-bond acceptors (Lipinski definition) is 5. The maximum absolute atomic E-state index is 11.9. The second-order valence-electron chi connectivity index (χ2n) is 4.71. The molecule has 1 aromatic carbocycles. The lowest BCUT2D eigenvalue weighted by Gasteiger charge is -2.08. The fraction of sp³-hybridized carbons (Fsp3) is 0.188. The van der Waals surface area contributed by atoms with Gasteiger partial charge in [0, 0.05) is 19.0 Å². The number of carboxylic acids is 1. The van der Waals surface area contributed by atoms with Crippen LogP contribution < -0.4 is 10.1 Å². The minimum Gasteiger partial charge on any atom is -0.505 e. The molecule has 1 heterocycles. The summed E-state index contributed by atoms with van der Waals surface area (Å²) in [5.74, 6) is -0.924. The summed E-state index contributed by atoms with van der Waals surface area (Å²) < 4.78 is 5.50. The second kappa shape index (κ2) is 7.79. The van der Waals surface area contributed by atoms with Crippen LogP contribution in [0.15, 0.2) is 42.6 Å². The van der Waals surface area contributed by atoms with Gasteiger partial charge < -0.3 is 20.3 Å². The molecule has 0 fully saturated rings. The number of para-hydroxylation sites is 1. The summed E-state index contributed by atoms with van der Waals surface area (Å²) in [7, 11) is 0. The van der Waals surface area contributed by atoms with Crippen molar-refractivity contribution in [2.45, 2.75) is 12.8 Å². The van der Waals surface area contributed by atoms with Crippen LogP contribution in [0, 0.1) is 0 Å². The Labute approximate surface area is 132 Å². The third-order valence-corrected chi connectivity index (χ3v) is 2.89. The third kappa shape index (κ3) is 4.99. The molecule has 0 saturated carbocycles. The molecule has 0 aliphatic carbocycles. The van der Waals surface area contributed by atoms with E-state index in [-0.39, 0.29) is 24.4 Å². The lowest BCUT2D eigenvalue weighted by molar-refractivity contribution is -0.137. The zero-order valence-corrected chi connectivity index (χ0v) is 12.2. The molecule has 1 amide bonds. The van der Waals surface area contributed by atoms with E-state index in [2.05, 4.69) is 10.3 Å². The van der Waals surface area contributed by atoms with Crippen LogP contribution in [0.25, 0.3) is 0 Å². The van der Waals surface area contributed by atoms with E-state index in [0.717, 1.165) is 0 Å². The van der Waals surface area contributed by atoms with Gasteiger partial charge in [-0.1, -0.05) is 18.2 Å². The number of rotatable bonds is 7. The zero-order chi connectivity index (χ0) is 16.7. The van der Waals surface area contributed by atoms with E-state index in [1.54, 1.807) is 12.1 Å². The first-order valence-corrected chi connectivity index (χ1v) is 6.98. The van der Waals surface area contributed by atoms with Crippen LogP contribution in [0.3, 0.4) is 0 Å². The third-order valence-electron chi connectivity index (χ3n) is 2.89. The molecule has 2 rings (SSSR count). The van der Waals surface area contributed by atoms with E-state index in [0.29, 0.717) is 17.9 Å². The molecule has 0 unspecified atom stereocenters. The van der Waals surface area contributed by atoms with Gasteiger partial charge in [0.25, 0.3) is 5.91 Å². The van der Waals surface area contributed by atoms with Gasteiger partial charge in [-0.05, 0) is 18.6 Å². The number of nitrogens with zero attached hydrogens (tertiary/aromatic N) is 1. The van der Waals surface area contributed by atoms with E-state index in [1.807, 2.05) is 18.2 Å². The minimum absolute atomic E-state index is 0.0382. The number of aliphatic carboxylic acids is 1. The molecule has 0 radical (unpaired) electrons. The van der Waals surface area contributed by atoms with Crippen molar-refractivity contribution in [3.8, 4) is 17.2 Å². The predicted octanol–water partition coefficient (Wildman–Crippen LogP) is 2.17. The summed E-state index contributed by atoms with van der Waals surface area (Å²) in [5, 5.41) is 20.9. The number of ether oxygens (including phenoxy) is 1. The average Bonchev–Trinajstić information content (AvgIpc) is 2.52. The largest absolute Gasteiger partial charge is 0.505 e. The van der Waals surface area contributed by atoms with Gasteiger partial charge in [-0.3, -0.25) is 9.59 Å². The lowest BCUT2D eigenvalue weighted by Crippen LogP contribution is -2.25. The Morgan fingerprint density at radius 1 is 1.17 bits per heavy atom. The molecule has 0 bridgehead atoms. The van der Waals surface area contributed by atoms with Crippen molar-refractivity contribution in [1.82, 2.24) is 10.3 Å². The number of aromatic hydroxyl groups is 1. The summed E-state index contributed by atoms with van der Waals surface area (Å²) >= 11 is 0. The first-order chi connectivity index (χ1) is 11.1. The normalized spacial score (nSPS) is 10.1. The summed E-state index contributed by atoms with van der Waals surface area (Å²) in [6.07, 6.45) is 1.60. The van der Waals surface area contributed by atoms with Crippen LogP contribution in [-0.2, 0) is 4.79 Å². The second-order valence-corrected chi connectivity index (χ2v) is 4.71. The standard InChI is InChI=1S/C16H16N2O5/c19-13-9-12(23-11-5-2-1-3-6-11)10-18-15(13)16(22)17-8-4-7-14(20)21/h1-3,5-6,9-10,19H,4,7-8H2,(H,17,22)(H,20,21). The van der Waals surface area contributed by atoms with Gasteiger partial charge in [0.05, 0.1) is 6.20 Å². The number of amides is 1. The summed E-state index contributed by atoms with van der Waals surface area (Å²) in [6, 6.07) is 10.3. The molecule has 2 aromatic rings. The van der Waals surface area contributed by atoms with E-state index < -0.39 is 11.9 Å². The maximum atomic E-state index is 11.9. The van der Waals surface area contributed by atoms with Crippen molar-refractivity contribution in [2.24, 2.45) is 0 Å². The highest BCUT2D eigenvalue weighted by atomic mass is 16.5. The fourth-order valence-corrected chi connectivity index (χ4v) is 1.82. The van der Waals surface area contributed by atoms with Crippen molar-refractivity contribution < 1.29 is 24.5 Å². The Morgan fingerprint density at radius 2 is 1.91 bits per heavy atom. The quantitative estimate of drug-likeness (QED) is 0.676. The highest BCUT2D eigenvalue weighted by molar-refractivity contribution is 5.94.